The van der Waals surface area contributed by atoms with Crippen LogP contribution in [0.5, 0.6) is 0 Å². The lowest BCUT2D eigenvalue weighted by molar-refractivity contribution is -0.138. The van der Waals surface area contributed by atoms with E-state index in [1.54, 1.807) is 0 Å². The van der Waals surface area contributed by atoms with Crippen molar-refractivity contribution in [2.45, 2.75) is 12.7 Å². The van der Waals surface area contributed by atoms with E-state index in [0.717, 1.165) is 0 Å². The van der Waals surface area contributed by atoms with Crippen molar-refractivity contribution in [3.8, 4) is 0 Å². The molecular formula is C8H6ClF3N-. The maximum absolute atomic E-state index is 12.3. The second-order valence-electron chi connectivity index (χ2n) is 2.45. The van der Waals surface area contributed by atoms with Gasteiger partial charge < -0.3 is 5.73 Å². The Morgan fingerprint density at radius 1 is 1.31 bits per heavy atom. The van der Waals surface area contributed by atoms with Crippen LogP contribution in [0.3, 0.4) is 0 Å². The van der Waals surface area contributed by atoms with Crippen LogP contribution in [0.25, 0.3) is 5.73 Å². The summed E-state index contributed by atoms with van der Waals surface area (Å²) in [5, 5.41) is -0.350. The van der Waals surface area contributed by atoms with Crippen molar-refractivity contribution in [3.05, 3.63) is 40.1 Å². The second kappa shape index (κ2) is 3.55. The van der Waals surface area contributed by atoms with Crippen molar-refractivity contribution in [1.29, 1.82) is 0 Å². The van der Waals surface area contributed by atoms with E-state index < -0.39 is 18.3 Å². The summed E-state index contributed by atoms with van der Waals surface area (Å²) >= 11 is 5.39. The van der Waals surface area contributed by atoms with Crippen LogP contribution in [0, 0.1) is 0 Å². The predicted octanol–water partition coefficient (Wildman–Crippen LogP) is 3.91. The molecule has 1 rings (SSSR count). The molecule has 0 fully saturated rings. The van der Waals surface area contributed by atoms with Gasteiger partial charge in [0.2, 0.25) is 0 Å². The van der Waals surface area contributed by atoms with Gasteiger partial charge in [0.1, 0.15) is 0 Å². The minimum atomic E-state index is -4.48. The van der Waals surface area contributed by atoms with E-state index in [-0.39, 0.29) is 10.6 Å². The van der Waals surface area contributed by atoms with Gasteiger partial charge in [0.15, 0.2) is 0 Å². The molecule has 0 saturated heterocycles. The lowest BCUT2D eigenvalue weighted by Crippen LogP contribution is -2.09. The van der Waals surface area contributed by atoms with Gasteiger partial charge in [-0.05, 0) is 6.07 Å². The number of benzene rings is 1. The molecule has 1 N–H and O–H groups in total. The molecule has 1 aromatic carbocycles. The van der Waals surface area contributed by atoms with Crippen LogP contribution in [-0.4, -0.2) is 0 Å². The van der Waals surface area contributed by atoms with Gasteiger partial charge in [0.25, 0.3) is 0 Å². The van der Waals surface area contributed by atoms with Crippen LogP contribution >= 0.6 is 11.6 Å². The Balaban J connectivity index is 3.32. The molecule has 0 aliphatic heterocycles. The van der Waals surface area contributed by atoms with Crippen LogP contribution < -0.4 is 0 Å². The third kappa shape index (κ3) is 2.14. The third-order valence-corrected chi connectivity index (χ3v) is 1.89. The van der Waals surface area contributed by atoms with Crippen molar-refractivity contribution < 1.29 is 13.2 Å². The first-order valence-electron chi connectivity index (χ1n) is 3.46. The van der Waals surface area contributed by atoms with E-state index in [1.165, 1.54) is 18.2 Å². The first-order chi connectivity index (χ1) is 5.96. The standard InChI is InChI=1S/C8H6ClF3N/c9-6-3-1-2-5(4-13)7(6)8(10,11)12/h1-3,13H,4H2/q-1. The van der Waals surface area contributed by atoms with Crippen molar-refractivity contribution in [2.24, 2.45) is 0 Å². The Bertz CT molecular complexity index is 309. The van der Waals surface area contributed by atoms with Crippen LogP contribution in [0.4, 0.5) is 13.2 Å². The summed E-state index contributed by atoms with van der Waals surface area (Å²) in [7, 11) is 0. The molecular weight excluding hydrogens is 203 g/mol. The molecule has 0 heterocycles. The van der Waals surface area contributed by atoms with Gasteiger partial charge in [0.05, 0.1) is 10.6 Å². The van der Waals surface area contributed by atoms with E-state index in [1.807, 2.05) is 0 Å². The van der Waals surface area contributed by atoms with E-state index in [4.69, 9.17) is 17.3 Å². The minimum absolute atomic E-state index is 0.0972. The summed E-state index contributed by atoms with van der Waals surface area (Å²) in [5.41, 5.74) is 5.91. The molecule has 13 heavy (non-hydrogen) atoms. The number of hydrogen-bond acceptors (Lipinski definition) is 0. The lowest BCUT2D eigenvalue weighted by Gasteiger charge is -2.15. The van der Waals surface area contributed by atoms with Crippen LogP contribution in [0.15, 0.2) is 18.2 Å². The molecule has 0 atom stereocenters. The maximum atomic E-state index is 12.3. The predicted molar refractivity (Wildman–Crippen MR) is 44.5 cm³/mol. The number of nitrogens with one attached hydrogen (secondary N) is 1. The average Bonchev–Trinajstić information content (AvgIpc) is 2.01. The number of halogens is 4. The van der Waals surface area contributed by atoms with E-state index in [9.17, 15) is 13.2 Å². The smallest absolute Gasteiger partial charge is 0.418 e. The summed E-state index contributed by atoms with van der Waals surface area (Å²) in [6, 6.07) is 3.83. The Labute approximate surface area is 78.3 Å². The van der Waals surface area contributed by atoms with E-state index in [0.29, 0.717) is 0 Å². The molecule has 0 radical (unpaired) electrons. The van der Waals surface area contributed by atoms with E-state index >= 15 is 0 Å². The zero-order valence-corrected chi connectivity index (χ0v) is 7.21. The highest BCUT2D eigenvalue weighted by Crippen LogP contribution is 2.37. The Kier molecular flexibility index (Phi) is 2.83. The molecule has 5 heteroatoms. The Hall–Kier alpha value is -0.740. The lowest BCUT2D eigenvalue weighted by atomic mass is 10.1. The fraction of sp³-hybridized carbons (Fsp3) is 0.250. The van der Waals surface area contributed by atoms with Crippen LogP contribution in [-0.2, 0) is 12.7 Å². The number of alkyl halides is 3. The molecule has 0 saturated carbocycles. The molecule has 0 aliphatic rings. The van der Waals surface area contributed by atoms with Crippen LogP contribution in [0.2, 0.25) is 5.02 Å². The van der Waals surface area contributed by atoms with Crippen molar-refractivity contribution in [2.75, 3.05) is 0 Å². The molecule has 0 amide bonds. The Morgan fingerprint density at radius 3 is 2.31 bits per heavy atom. The molecule has 1 aromatic rings. The summed E-state index contributed by atoms with van der Waals surface area (Å²) in [5.74, 6) is 0. The van der Waals surface area contributed by atoms with E-state index in [2.05, 4.69) is 0 Å². The molecule has 72 valence electrons. The van der Waals surface area contributed by atoms with Gasteiger partial charge in [-0.1, -0.05) is 29.3 Å². The number of hydrogen-bond donors (Lipinski definition) is 0. The van der Waals surface area contributed by atoms with Gasteiger partial charge in [-0.2, -0.15) is 13.2 Å². The Morgan fingerprint density at radius 2 is 1.92 bits per heavy atom. The topological polar surface area (TPSA) is 23.8 Å². The van der Waals surface area contributed by atoms with Gasteiger partial charge in [-0.3, -0.25) is 0 Å². The third-order valence-electron chi connectivity index (χ3n) is 1.57. The number of rotatable bonds is 1. The second-order valence-corrected chi connectivity index (χ2v) is 2.86. The quantitative estimate of drug-likeness (QED) is 0.668. The minimum Gasteiger partial charge on any atom is -0.674 e. The summed E-state index contributed by atoms with van der Waals surface area (Å²) in [6.07, 6.45) is -4.48. The SMILES string of the molecule is [NH-]Cc1cccc(Cl)c1C(F)(F)F. The van der Waals surface area contributed by atoms with Crippen molar-refractivity contribution in [3.63, 3.8) is 0 Å². The van der Waals surface area contributed by atoms with Gasteiger partial charge in [-0.25, -0.2) is 0 Å². The van der Waals surface area contributed by atoms with Gasteiger partial charge in [-0.15, -0.1) is 6.54 Å². The molecule has 0 unspecified atom stereocenters. The monoisotopic (exact) mass is 208 g/mol. The largest absolute Gasteiger partial charge is 0.674 e. The van der Waals surface area contributed by atoms with Gasteiger partial charge >= 0.3 is 6.18 Å². The fourth-order valence-corrected chi connectivity index (χ4v) is 1.33. The fourth-order valence-electron chi connectivity index (χ4n) is 1.03. The molecule has 0 spiro atoms. The maximum Gasteiger partial charge on any atom is 0.418 e. The summed E-state index contributed by atoms with van der Waals surface area (Å²) < 4.78 is 37.0. The zero-order valence-electron chi connectivity index (χ0n) is 6.45. The zero-order chi connectivity index (χ0) is 10.1. The normalized spacial score (nSPS) is 11.8. The first kappa shape index (κ1) is 10.3. The highest BCUT2D eigenvalue weighted by molar-refractivity contribution is 6.31. The molecule has 0 aliphatic carbocycles. The molecule has 0 aromatic heterocycles. The molecule has 1 nitrogen and oxygen atoms in total. The van der Waals surface area contributed by atoms with Crippen molar-refractivity contribution >= 4 is 11.6 Å². The van der Waals surface area contributed by atoms with Crippen LogP contribution in [0.1, 0.15) is 11.1 Å². The highest BCUT2D eigenvalue weighted by Gasteiger charge is 2.34. The highest BCUT2D eigenvalue weighted by atomic mass is 35.5. The van der Waals surface area contributed by atoms with Gasteiger partial charge in [0, 0.05) is 0 Å². The average molecular weight is 209 g/mol. The van der Waals surface area contributed by atoms with Crippen molar-refractivity contribution in [1.82, 2.24) is 0 Å². The summed E-state index contributed by atoms with van der Waals surface area (Å²) in [4.78, 5) is 0. The first-order valence-corrected chi connectivity index (χ1v) is 3.84. The molecule has 0 bridgehead atoms. The summed E-state index contributed by atoms with van der Waals surface area (Å²) in [6.45, 7) is -0.421.